The van der Waals surface area contributed by atoms with E-state index >= 15 is 0 Å². The molecule has 2 rings (SSSR count). The molecular formula is C12H11ClFNO3S2. The van der Waals surface area contributed by atoms with Crippen LogP contribution in [0, 0.1) is 12.7 Å². The molecule has 20 heavy (non-hydrogen) atoms. The van der Waals surface area contributed by atoms with Gasteiger partial charge in [0, 0.05) is 14.8 Å². The molecule has 4 nitrogen and oxygen atoms in total. The van der Waals surface area contributed by atoms with Gasteiger partial charge in [0.1, 0.15) is 10.7 Å². The summed E-state index contributed by atoms with van der Waals surface area (Å²) in [4.78, 5) is 1.15. The highest BCUT2D eigenvalue weighted by atomic mass is 35.5. The summed E-state index contributed by atoms with van der Waals surface area (Å²) in [7, 11) is -3.84. The van der Waals surface area contributed by atoms with Gasteiger partial charge in [0.15, 0.2) is 0 Å². The lowest BCUT2D eigenvalue weighted by Gasteiger charge is -2.08. The number of nitrogens with one attached hydrogen (secondary N) is 1. The van der Waals surface area contributed by atoms with Crippen LogP contribution < -0.4 is 4.72 Å². The molecule has 2 aromatic rings. The molecule has 0 aliphatic rings. The second-order valence-corrected chi connectivity index (χ2v) is 7.48. The molecule has 1 aromatic carbocycles. The van der Waals surface area contributed by atoms with Crippen LogP contribution in [0.4, 0.5) is 10.1 Å². The zero-order valence-electron chi connectivity index (χ0n) is 10.4. The Balaban J connectivity index is 2.37. The highest BCUT2D eigenvalue weighted by Crippen LogP contribution is 2.28. The molecule has 1 heterocycles. The van der Waals surface area contributed by atoms with E-state index in [1.807, 2.05) is 0 Å². The standard InChI is InChI=1S/C12H11ClFNO3S2/c1-7-12(5-11(6-16)19-7)20(17,18)15-10-3-8(13)2-9(14)4-10/h2-5,15-16H,6H2,1H3. The molecule has 0 aliphatic carbocycles. The normalized spacial score (nSPS) is 11.6. The Morgan fingerprint density at radius 3 is 2.60 bits per heavy atom. The minimum absolute atomic E-state index is 0.0474. The molecule has 0 aliphatic heterocycles. The Labute approximate surface area is 124 Å². The van der Waals surface area contributed by atoms with Crippen molar-refractivity contribution in [2.75, 3.05) is 4.72 Å². The predicted octanol–water partition coefficient (Wildman–Crippen LogP) is 3.14. The van der Waals surface area contributed by atoms with Crippen LogP contribution in [0.1, 0.15) is 9.75 Å². The first-order valence-corrected chi connectivity index (χ1v) is 8.18. The van der Waals surface area contributed by atoms with E-state index in [1.165, 1.54) is 23.5 Å². The Bertz CT molecular complexity index is 723. The fourth-order valence-corrected chi connectivity index (χ4v) is 4.45. The van der Waals surface area contributed by atoms with Gasteiger partial charge in [-0.1, -0.05) is 11.6 Å². The Hall–Kier alpha value is -1.15. The van der Waals surface area contributed by atoms with Crippen molar-refractivity contribution in [3.63, 3.8) is 0 Å². The van der Waals surface area contributed by atoms with Crippen molar-refractivity contribution in [2.24, 2.45) is 0 Å². The molecule has 0 amide bonds. The van der Waals surface area contributed by atoms with Crippen LogP contribution in [0.2, 0.25) is 5.02 Å². The number of hydrogen-bond donors (Lipinski definition) is 2. The van der Waals surface area contributed by atoms with Gasteiger partial charge in [-0.3, -0.25) is 4.72 Å². The van der Waals surface area contributed by atoms with Gasteiger partial charge in [0.2, 0.25) is 0 Å². The molecule has 8 heteroatoms. The monoisotopic (exact) mass is 335 g/mol. The zero-order valence-corrected chi connectivity index (χ0v) is 12.7. The van der Waals surface area contributed by atoms with E-state index in [0.29, 0.717) is 9.75 Å². The summed E-state index contributed by atoms with van der Waals surface area (Å²) in [6.45, 7) is 1.41. The lowest BCUT2D eigenvalue weighted by atomic mass is 10.3. The molecule has 0 radical (unpaired) electrons. The maximum Gasteiger partial charge on any atom is 0.263 e. The smallest absolute Gasteiger partial charge is 0.263 e. The highest BCUT2D eigenvalue weighted by Gasteiger charge is 2.20. The number of rotatable bonds is 4. The van der Waals surface area contributed by atoms with E-state index in [9.17, 15) is 12.8 Å². The van der Waals surface area contributed by atoms with Crippen molar-refractivity contribution in [1.82, 2.24) is 0 Å². The molecule has 0 saturated heterocycles. The third kappa shape index (κ3) is 3.29. The molecule has 108 valence electrons. The summed E-state index contributed by atoms with van der Waals surface area (Å²) < 4.78 is 39.9. The number of thiophene rings is 1. The first-order chi connectivity index (χ1) is 9.31. The van der Waals surface area contributed by atoms with Crippen molar-refractivity contribution in [1.29, 1.82) is 0 Å². The molecule has 0 bridgehead atoms. The third-order valence-corrected chi connectivity index (χ3v) is 5.37. The van der Waals surface area contributed by atoms with Crippen LogP contribution in [0.15, 0.2) is 29.2 Å². The van der Waals surface area contributed by atoms with Gasteiger partial charge in [-0.2, -0.15) is 0 Å². The quantitative estimate of drug-likeness (QED) is 0.902. The average Bonchev–Trinajstić information content (AvgIpc) is 2.69. The first-order valence-electron chi connectivity index (χ1n) is 5.51. The Kier molecular flexibility index (Phi) is 4.33. The van der Waals surface area contributed by atoms with E-state index in [1.54, 1.807) is 6.92 Å². The lowest BCUT2D eigenvalue weighted by molar-refractivity contribution is 0.285. The van der Waals surface area contributed by atoms with Crippen LogP contribution in [0.3, 0.4) is 0 Å². The minimum atomic E-state index is -3.84. The van der Waals surface area contributed by atoms with E-state index in [4.69, 9.17) is 16.7 Å². The molecule has 0 fully saturated rings. The summed E-state index contributed by atoms with van der Waals surface area (Å²) in [6.07, 6.45) is 0. The molecular weight excluding hydrogens is 325 g/mol. The summed E-state index contributed by atoms with van der Waals surface area (Å²) in [5, 5.41) is 9.13. The van der Waals surface area contributed by atoms with Crippen LogP contribution in [0.5, 0.6) is 0 Å². The van der Waals surface area contributed by atoms with Gasteiger partial charge >= 0.3 is 0 Å². The highest BCUT2D eigenvalue weighted by molar-refractivity contribution is 7.93. The SMILES string of the molecule is Cc1sc(CO)cc1S(=O)(=O)Nc1cc(F)cc(Cl)c1. The van der Waals surface area contributed by atoms with E-state index in [2.05, 4.69) is 4.72 Å². The van der Waals surface area contributed by atoms with E-state index < -0.39 is 15.8 Å². The average molecular weight is 336 g/mol. The fourth-order valence-electron chi connectivity index (χ4n) is 1.69. The molecule has 0 unspecified atom stereocenters. The number of aliphatic hydroxyl groups excluding tert-OH is 1. The molecule has 0 spiro atoms. The van der Waals surface area contributed by atoms with Crippen LogP contribution in [-0.4, -0.2) is 13.5 Å². The summed E-state index contributed by atoms with van der Waals surface area (Å²) >= 11 is 6.87. The second-order valence-electron chi connectivity index (χ2n) is 4.05. The van der Waals surface area contributed by atoms with Crippen molar-refractivity contribution in [3.05, 3.63) is 44.9 Å². The van der Waals surface area contributed by atoms with Crippen LogP contribution in [-0.2, 0) is 16.6 Å². The fraction of sp³-hybridized carbons (Fsp3) is 0.167. The van der Waals surface area contributed by atoms with Crippen molar-refractivity contribution >= 4 is 38.6 Å². The Morgan fingerprint density at radius 1 is 1.35 bits per heavy atom. The summed E-state index contributed by atoms with van der Waals surface area (Å²) in [5.74, 6) is -0.631. The Morgan fingerprint density at radius 2 is 2.05 bits per heavy atom. The lowest BCUT2D eigenvalue weighted by Crippen LogP contribution is -2.13. The van der Waals surface area contributed by atoms with Gasteiger partial charge in [0.25, 0.3) is 10.0 Å². The maximum absolute atomic E-state index is 13.2. The van der Waals surface area contributed by atoms with Crippen LogP contribution in [0.25, 0.3) is 0 Å². The summed E-state index contributed by atoms with van der Waals surface area (Å²) in [6, 6.07) is 4.83. The number of anilines is 1. The van der Waals surface area contributed by atoms with E-state index in [0.717, 1.165) is 12.1 Å². The van der Waals surface area contributed by atoms with Gasteiger partial charge < -0.3 is 5.11 Å². The second kappa shape index (κ2) is 5.69. The number of benzene rings is 1. The molecule has 0 atom stereocenters. The molecule has 2 N–H and O–H groups in total. The maximum atomic E-state index is 13.2. The minimum Gasteiger partial charge on any atom is -0.391 e. The first kappa shape index (κ1) is 15.2. The van der Waals surface area contributed by atoms with Gasteiger partial charge in [-0.15, -0.1) is 11.3 Å². The topological polar surface area (TPSA) is 66.4 Å². The van der Waals surface area contributed by atoms with E-state index in [-0.39, 0.29) is 22.2 Å². The van der Waals surface area contributed by atoms with Crippen molar-refractivity contribution < 1.29 is 17.9 Å². The number of aliphatic hydroxyl groups is 1. The predicted molar refractivity (Wildman–Crippen MR) is 77.2 cm³/mol. The van der Waals surface area contributed by atoms with Gasteiger partial charge in [-0.25, -0.2) is 12.8 Å². The molecule has 0 saturated carbocycles. The number of aryl methyl sites for hydroxylation is 1. The molecule has 1 aromatic heterocycles. The number of sulfonamides is 1. The summed E-state index contributed by atoms with van der Waals surface area (Å²) in [5.41, 5.74) is 0.0474. The number of halogens is 2. The number of hydrogen-bond acceptors (Lipinski definition) is 4. The van der Waals surface area contributed by atoms with Gasteiger partial charge in [0.05, 0.1) is 12.3 Å². The third-order valence-electron chi connectivity index (χ3n) is 2.48. The van der Waals surface area contributed by atoms with Crippen molar-refractivity contribution in [2.45, 2.75) is 18.4 Å². The zero-order chi connectivity index (χ0) is 14.9. The van der Waals surface area contributed by atoms with Gasteiger partial charge in [-0.05, 0) is 31.2 Å². The largest absolute Gasteiger partial charge is 0.391 e. The van der Waals surface area contributed by atoms with Crippen LogP contribution >= 0.6 is 22.9 Å². The van der Waals surface area contributed by atoms with Crippen molar-refractivity contribution in [3.8, 4) is 0 Å².